The van der Waals surface area contributed by atoms with Crippen molar-refractivity contribution in [1.82, 2.24) is 0 Å². The first-order valence-corrected chi connectivity index (χ1v) is 9.19. The molecule has 1 amide bonds. The second-order valence-electron chi connectivity index (χ2n) is 6.16. The number of Topliss-reactive ketones (excluding diaryl/α,β-unsaturated/α-hetero) is 1. The SMILES string of the molecule is Cc1ccc(C(=O)[C@H](C)OC(=O)C[C@H]2Sc3ccccc3NC2=O)cc1. The minimum atomic E-state index is -0.894. The van der Waals surface area contributed by atoms with Gasteiger partial charge in [-0.15, -0.1) is 11.8 Å². The molecule has 1 N–H and O–H groups in total. The van der Waals surface area contributed by atoms with E-state index in [0.717, 1.165) is 16.1 Å². The van der Waals surface area contributed by atoms with Gasteiger partial charge in [0.2, 0.25) is 11.7 Å². The molecule has 0 spiro atoms. The summed E-state index contributed by atoms with van der Waals surface area (Å²) < 4.78 is 5.25. The Morgan fingerprint density at radius 3 is 2.58 bits per heavy atom. The molecule has 2 atom stereocenters. The lowest BCUT2D eigenvalue weighted by Gasteiger charge is -2.23. The van der Waals surface area contributed by atoms with Crippen LogP contribution in [0.15, 0.2) is 53.4 Å². The first-order valence-electron chi connectivity index (χ1n) is 8.31. The van der Waals surface area contributed by atoms with E-state index in [-0.39, 0.29) is 18.1 Å². The van der Waals surface area contributed by atoms with Crippen LogP contribution in [0.25, 0.3) is 0 Å². The summed E-state index contributed by atoms with van der Waals surface area (Å²) in [4.78, 5) is 37.6. The summed E-state index contributed by atoms with van der Waals surface area (Å²) in [6.07, 6.45) is -0.981. The average molecular weight is 369 g/mol. The number of benzene rings is 2. The number of nitrogens with one attached hydrogen (secondary N) is 1. The molecule has 0 bridgehead atoms. The smallest absolute Gasteiger partial charge is 0.308 e. The molecule has 134 valence electrons. The minimum absolute atomic E-state index is 0.0870. The molecule has 6 heteroatoms. The van der Waals surface area contributed by atoms with Gasteiger partial charge in [-0.1, -0.05) is 42.0 Å². The van der Waals surface area contributed by atoms with Crippen LogP contribution in [-0.4, -0.2) is 29.0 Å². The van der Waals surface area contributed by atoms with E-state index < -0.39 is 17.3 Å². The van der Waals surface area contributed by atoms with Crippen molar-refractivity contribution in [2.24, 2.45) is 0 Å². The van der Waals surface area contributed by atoms with Gasteiger partial charge in [0.25, 0.3) is 0 Å². The van der Waals surface area contributed by atoms with Gasteiger partial charge >= 0.3 is 5.97 Å². The fourth-order valence-corrected chi connectivity index (χ4v) is 3.72. The van der Waals surface area contributed by atoms with E-state index in [4.69, 9.17) is 4.74 Å². The van der Waals surface area contributed by atoms with Crippen LogP contribution in [0.4, 0.5) is 5.69 Å². The Balaban J connectivity index is 1.59. The lowest BCUT2D eigenvalue weighted by Crippen LogP contribution is -2.33. The van der Waals surface area contributed by atoms with Crippen molar-refractivity contribution in [3.63, 3.8) is 0 Å². The number of rotatable bonds is 5. The maximum absolute atomic E-state index is 12.3. The summed E-state index contributed by atoms with van der Waals surface area (Å²) in [7, 11) is 0. The summed E-state index contributed by atoms with van der Waals surface area (Å²) in [5, 5.41) is 2.22. The molecule has 1 heterocycles. The van der Waals surface area contributed by atoms with Gasteiger partial charge in [0.1, 0.15) is 0 Å². The maximum Gasteiger partial charge on any atom is 0.308 e. The van der Waals surface area contributed by atoms with Crippen LogP contribution < -0.4 is 5.32 Å². The van der Waals surface area contributed by atoms with Gasteiger partial charge in [-0.2, -0.15) is 0 Å². The number of aryl methyl sites for hydroxylation is 1. The van der Waals surface area contributed by atoms with Crippen LogP contribution in [0.3, 0.4) is 0 Å². The largest absolute Gasteiger partial charge is 0.454 e. The quantitative estimate of drug-likeness (QED) is 0.644. The van der Waals surface area contributed by atoms with Gasteiger partial charge in [0.05, 0.1) is 17.4 Å². The molecule has 0 aliphatic carbocycles. The van der Waals surface area contributed by atoms with Crippen molar-refractivity contribution in [3.8, 4) is 0 Å². The molecule has 0 radical (unpaired) electrons. The van der Waals surface area contributed by atoms with Gasteiger partial charge in [-0.25, -0.2) is 0 Å². The van der Waals surface area contributed by atoms with Crippen LogP contribution in [0.2, 0.25) is 0 Å². The number of esters is 1. The third-order valence-electron chi connectivity index (χ3n) is 4.07. The highest BCUT2D eigenvalue weighted by atomic mass is 32.2. The van der Waals surface area contributed by atoms with Gasteiger partial charge in [0, 0.05) is 10.5 Å². The zero-order chi connectivity index (χ0) is 18.7. The topological polar surface area (TPSA) is 72.5 Å². The van der Waals surface area contributed by atoms with Gasteiger partial charge in [-0.3, -0.25) is 14.4 Å². The zero-order valence-corrected chi connectivity index (χ0v) is 15.3. The molecular weight excluding hydrogens is 350 g/mol. The standard InChI is InChI=1S/C20H19NO4S/c1-12-7-9-14(10-8-12)19(23)13(2)25-18(22)11-17-20(24)21-15-5-3-4-6-16(15)26-17/h3-10,13,17H,11H2,1-2H3,(H,21,24)/t13-,17+/m0/s1. The van der Waals surface area contributed by atoms with Crippen LogP contribution in [0.5, 0.6) is 0 Å². The fraction of sp³-hybridized carbons (Fsp3) is 0.250. The molecular formula is C20H19NO4S. The van der Waals surface area contributed by atoms with Crippen molar-refractivity contribution < 1.29 is 19.1 Å². The van der Waals surface area contributed by atoms with E-state index in [1.54, 1.807) is 19.1 Å². The molecule has 0 fully saturated rings. The highest BCUT2D eigenvalue weighted by Crippen LogP contribution is 2.36. The van der Waals surface area contributed by atoms with Crippen molar-refractivity contribution in [2.75, 3.05) is 5.32 Å². The van der Waals surface area contributed by atoms with Gasteiger partial charge in [0.15, 0.2) is 6.10 Å². The number of hydrogen-bond acceptors (Lipinski definition) is 5. The highest BCUT2D eigenvalue weighted by molar-refractivity contribution is 8.01. The molecule has 0 saturated heterocycles. The normalized spacial score (nSPS) is 17.0. The molecule has 0 saturated carbocycles. The Morgan fingerprint density at radius 1 is 1.15 bits per heavy atom. The highest BCUT2D eigenvalue weighted by Gasteiger charge is 2.30. The molecule has 0 unspecified atom stereocenters. The number of thioether (sulfide) groups is 1. The molecule has 3 rings (SSSR count). The van der Waals surface area contributed by atoms with Crippen LogP contribution >= 0.6 is 11.8 Å². The number of ether oxygens (including phenoxy) is 1. The van der Waals surface area contributed by atoms with E-state index in [9.17, 15) is 14.4 Å². The summed E-state index contributed by atoms with van der Waals surface area (Å²) >= 11 is 1.33. The number of amides is 1. The molecule has 2 aromatic carbocycles. The zero-order valence-electron chi connectivity index (χ0n) is 14.5. The second kappa shape index (κ2) is 7.74. The average Bonchev–Trinajstić information content (AvgIpc) is 2.62. The fourth-order valence-electron chi connectivity index (χ4n) is 2.63. The van der Waals surface area contributed by atoms with Crippen molar-refractivity contribution in [2.45, 2.75) is 36.5 Å². The molecule has 26 heavy (non-hydrogen) atoms. The number of carbonyl (C=O) groups is 3. The van der Waals surface area contributed by atoms with Crippen LogP contribution in [0, 0.1) is 6.92 Å². The maximum atomic E-state index is 12.3. The summed E-state index contributed by atoms with van der Waals surface area (Å²) in [5.74, 6) is -1.06. The van der Waals surface area contributed by atoms with Crippen molar-refractivity contribution in [3.05, 3.63) is 59.7 Å². The van der Waals surface area contributed by atoms with E-state index in [1.807, 2.05) is 43.3 Å². The summed E-state index contributed by atoms with van der Waals surface area (Å²) in [6.45, 7) is 3.48. The number of para-hydroxylation sites is 1. The number of hydrogen-bond donors (Lipinski definition) is 1. The lowest BCUT2D eigenvalue weighted by atomic mass is 10.1. The Kier molecular flexibility index (Phi) is 5.42. The number of anilines is 1. The monoisotopic (exact) mass is 369 g/mol. The van der Waals surface area contributed by atoms with Crippen LogP contribution in [-0.2, 0) is 14.3 Å². The van der Waals surface area contributed by atoms with E-state index in [0.29, 0.717) is 5.56 Å². The number of fused-ring (bicyclic) bond motifs is 1. The summed E-state index contributed by atoms with van der Waals surface area (Å²) in [5.41, 5.74) is 2.29. The van der Waals surface area contributed by atoms with E-state index >= 15 is 0 Å². The third kappa shape index (κ3) is 4.14. The van der Waals surface area contributed by atoms with Gasteiger partial charge in [-0.05, 0) is 26.0 Å². The van der Waals surface area contributed by atoms with Crippen molar-refractivity contribution in [1.29, 1.82) is 0 Å². The Hall–Kier alpha value is -2.60. The first-order chi connectivity index (χ1) is 12.4. The van der Waals surface area contributed by atoms with Gasteiger partial charge < -0.3 is 10.1 Å². The molecule has 1 aliphatic rings. The first kappa shape index (κ1) is 18.2. The predicted molar refractivity (Wildman–Crippen MR) is 100 cm³/mol. The number of ketones is 1. The Morgan fingerprint density at radius 2 is 1.85 bits per heavy atom. The number of carbonyl (C=O) groups excluding carboxylic acids is 3. The van der Waals surface area contributed by atoms with Crippen molar-refractivity contribution >= 4 is 35.1 Å². The predicted octanol–water partition coefficient (Wildman–Crippen LogP) is 3.61. The van der Waals surface area contributed by atoms with E-state index in [2.05, 4.69) is 5.32 Å². The minimum Gasteiger partial charge on any atom is -0.454 e. The summed E-state index contributed by atoms with van der Waals surface area (Å²) in [6, 6.07) is 14.5. The molecule has 5 nitrogen and oxygen atoms in total. The molecule has 1 aliphatic heterocycles. The Bertz CT molecular complexity index is 847. The van der Waals surface area contributed by atoms with E-state index in [1.165, 1.54) is 11.8 Å². The second-order valence-corrected chi connectivity index (χ2v) is 7.40. The van der Waals surface area contributed by atoms with Crippen LogP contribution in [0.1, 0.15) is 29.3 Å². The third-order valence-corrected chi connectivity index (χ3v) is 5.35. The lowest BCUT2D eigenvalue weighted by molar-refractivity contribution is -0.147. The molecule has 2 aromatic rings. The molecule has 0 aromatic heterocycles. The Labute approximate surface area is 156 Å².